The molecule has 1 aromatic heterocycles. The van der Waals surface area contributed by atoms with Crippen LogP contribution in [0.3, 0.4) is 0 Å². The Kier molecular flexibility index (Phi) is 3.04. The summed E-state index contributed by atoms with van der Waals surface area (Å²) in [5, 5.41) is 7.34. The molecule has 1 heterocycles. The minimum Gasteiger partial charge on any atom is -0.272 e. The number of H-pyrrole nitrogens is 1. The van der Waals surface area contributed by atoms with Crippen LogP contribution < -0.4 is 0 Å². The molecule has 3 rings (SSSR count). The zero-order chi connectivity index (χ0) is 12.5. The fourth-order valence-corrected chi connectivity index (χ4v) is 2.60. The monoisotopic (exact) mass is 259 g/mol. The van der Waals surface area contributed by atoms with Crippen molar-refractivity contribution in [2.75, 3.05) is 0 Å². The number of hydrogen-bond donors (Lipinski definition) is 1. The van der Waals surface area contributed by atoms with Crippen molar-refractivity contribution in [3.05, 3.63) is 40.4 Å². The summed E-state index contributed by atoms with van der Waals surface area (Å²) in [6, 6.07) is 8.49. The molecule has 0 aliphatic heterocycles. The van der Waals surface area contributed by atoms with Gasteiger partial charge in [-0.15, -0.1) is 0 Å². The Morgan fingerprint density at radius 2 is 2.17 bits per heavy atom. The number of nitrogens with one attached hydrogen (secondary N) is 1. The molecular formula is C14H17N3S. The summed E-state index contributed by atoms with van der Waals surface area (Å²) < 4.78 is 2.83. The van der Waals surface area contributed by atoms with Gasteiger partial charge in [0.15, 0.2) is 4.77 Å². The largest absolute Gasteiger partial charge is 0.272 e. The summed E-state index contributed by atoms with van der Waals surface area (Å²) in [7, 11) is 0. The van der Waals surface area contributed by atoms with Gasteiger partial charge in [-0.3, -0.25) is 9.67 Å². The topological polar surface area (TPSA) is 33.6 Å². The van der Waals surface area contributed by atoms with E-state index in [0.29, 0.717) is 10.7 Å². The minimum atomic E-state index is 0.590. The lowest BCUT2D eigenvalue weighted by Crippen LogP contribution is -2.03. The molecule has 0 atom stereocenters. The molecule has 1 N–H and O–H groups in total. The van der Waals surface area contributed by atoms with Crippen LogP contribution >= 0.6 is 12.2 Å². The third kappa shape index (κ3) is 2.01. The van der Waals surface area contributed by atoms with Crippen molar-refractivity contribution in [1.29, 1.82) is 0 Å². The molecule has 1 aliphatic carbocycles. The average Bonchev–Trinajstić information content (AvgIpc) is 3.15. The summed E-state index contributed by atoms with van der Waals surface area (Å²) in [5.74, 6) is 1.69. The first-order valence-corrected chi connectivity index (χ1v) is 6.97. The highest BCUT2D eigenvalue weighted by Gasteiger charge is 2.29. The third-order valence-corrected chi connectivity index (χ3v) is 3.67. The van der Waals surface area contributed by atoms with Crippen LogP contribution in [0.5, 0.6) is 0 Å². The highest BCUT2D eigenvalue weighted by Crippen LogP contribution is 2.40. The van der Waals surface area contributed by atoms with Crippen molar-refractivity contribution in [1.82, 2.24) is 14.8 Å². The van der Waals surface area contributed by atoms with Gasteiger partial charge in [0, 0.05) is 5.92 Å². The third-order valence-electron chi connectivity index (χ3n) is 3.39. The highest BCUT2D eigenvalue weighted by atomic mass is 32.1. The Bertz CT molecular complexity index is 607. The lowest BCUT2D eigenvalue weighted by atomic mass is 10.1. The van der Waals surface area contributed by atoms with Crippen molar-refractivity contribution >= 4 is 12.2 Å². The van der Waals surface area contributed by atoms with Crippen LogP contribution in [0.15, 0.2) is 24.3 Å². The van der Waals surface area contributed by atoms with Gasteiger partial charge in [0.1, 0.15) is 5.82 Å². The first-order valence-electron chi connectivity index (χ1n) is 6.57. The molecule has 4 heteroatoms. The van der Waals surface area contributed by atoms with Crippen molar-refractivity contribution in [3.8, 4) is 5.69 Å². The maximum atomic E-state index is 5.39. The summed E-state index contributed by atoms with van der Waals surface area (Å²) >= 11 is 5.39. The van der Waals surface area contributed by atoms with Gasteiger partial charge in [0.25, 0.3) is 0 Å². The standard InChI is InChI=1S/C14H17N3S/c1-2-5-10-6-3-4-7-12(10)17-13(11-8-9-11)15-16-14(17)18/h3-4,6-7,11H,2,5,8-9H2,1H3,(H,16,18). The van der Waals surface area contributed by atoms with E-state index < -0.39 is 0 Å². The first-order chi connectivity index (χ1) is 8.81. The number of rotatable bonds is 4. The first kappa shape index (κ1) is 11.7. The number of nitrogens with zero attached hydrogens (tertiary/aromatic N) is 2. The van der Waals surface area contributed by atoms with Crippen LogP contribution in [-0.4, -0.2) is 14.8 Å². The number of aromatic amines is 1. The molecule has 1 fully saturated rings. The molecule has 0 amide bonds. The number of hydrogen-bond acceptors (Lipinski definition) is 2. The molecule has 0 spiro atoms. The van der Waals surface area contributed by atoms with Crippen molar-refractivity contribution in [2.24, 2.45) is 0 Å². The Morgan fingerprint density at radius 3 is 2.89 bits per heavy atom. The molecule has 1 aliphatic rings. The highest BCUT2D eigenvalue weighted by molar-refractivity contribution is 7.71. The van der Waals surface area contributed by atoms with E-state index in [0.717, 1.165) is 18.7 Å². The molecule has 1 saturated carbocycles. The van der Waals surface area contributed by atoms with E-state index in [1.54, 1.807) is 0 Å². The smallest absolute Gasteiger partial charge is 0.199 e. The predicted molar refractivity (Wildman–Crippen MR) is 74.7 cm³/mol. The number of aromatic nitrogens is 3. The molecule has 0 saturated heterocycles. The lowest BCUT2D eigenvalue weighted by Gasteiger charge is -2.11. The SMILES string of the molecule is CCCc1ccccc1-n1c(C2CC2)n[nH]c1=S. The molecule has 18 heavy (non-hydrogen) atoms. The van der Waals surface area contributed by atoms with E-state index >= 15 is 0 Å². The van der Waals surface area contributed by atoms with Crippen LogP contribution in [0.2, 0.25) is 0 Å². The zero-order valence-corrected chi connectivity index (χ0v) is 11.3. The fourth-order valence-electron chi connectivity index (χ4n) is 2.37. The predicted octanol–water partition coefficient (Wildman–Crippen LogP) is 3.76. The molecular weight excluding hydrogens is 242 g/mol. The van der Waals surface area contributed by atoms with E-state index in [1.807, 2.05) is 0 Å². The summed E-state index contributed by atoms with van der Waals surface area (Å²) in [4.78, 5) is 0. The van der Waals surface area contributed by atoms with Gasteiger partial charge in [-0.2, -0.15) is 5.10 Å². The second-order valence-corrected chi connectivity index (χ2v) is 5.26. The summed E-state index contributed by atoms with van der Waals surface area (Å²) in [6.07, 6.45) is 4.68. The molecule has 2 aromatic rings. The normalized spacial score (nSPS) is 14.9. The molecule has 0 unspecified atom stereocenters. The van der Waals surface area contributed by atoms with Crippen LogP contribution in [0.25, 0.3) is 5.69 Å². The van der Waals surface area contributed by atoms with Crippen LogP contribution in [0.1, 0.15) is 43.5 Å². The minimum absolute atomic E-state index is 0.590. The van der Waals surface area contributed by atoms with Gasteiger partial charge < -0.3 is 0 Å². The van der Waals surface area contributed by atoms with Crippen LogP contribution in [0.4, 0.5) is 0 Å². The van der Waals surface area contributed by atoms with Crippen LogP contribution in [-0.2, 0) is 6.42 Å². The van der Waals surface area contributed by atoms with E-state index in [2.05, 4.69) is 46.0 Å². The Balaban J connectivity index is 2.14. The Morgan fingerprint density at radius 1 is 1.39 bits per heavy atom. The van der Waals surface area contributed by atoms with Gasteiger partial charge in [0.05, 0.1) is 5.69 Å². The second kappa shape index (κ2) is 4.69. The quantitative estimate of drug-likeness (QED) is 0.848. The van der Waals surface area contributed by atoms with Gasteiger partial charge >= 0.3 is 0 Å². The lowest BCUT2D eigenvalue weighted by molar-refractivity contribution is 0.843. The zero-order valence-electron chi connectivity index (χ0n) is 10.5. The van der Waals surface area contributed by atoms with Gasteiger partial charge in [-0.25, -0.2) is 0 Å². The van der Waals surface area contributed by atoms with E-state index in [9.17, 15) is 0 Å². The number of aryl methyl sites for hydroxylation is 1. The van der Waals surface area contributed by atoms with Crippen molar-refractivity contribution in [2.45, 2.75) is 38.5 Å². The molecule has 1 aromatic carbocycles. The van der Waals surface area contributed by atoms with E-state index in [1.165, 1.54) is 24.1 Å². The molecule has 3 nitrogen and oxygen atoms in total. The number of benzene rings is 1. The maximum Gasteiger partial charge on any atom is 0.199 e. The van der Waals surface area contributed by atoms with Gasteiger partial charge in [-0.1, -0.05) is 31.5 Å². The second-order valence-electron chi connectivity index (χ2n) is 4.88. The summed E-state index contributed by atoms with van der Waals surface area (Å²) in [6.45, 7) is 2.20. The van der Waals surface area contributed by atoms with Crippen molar-refractivity contribution in [3.63, 3.8) is 0 Å². The van der Waals surface area contributed by atoms with Crippen LogP contribution in [0, 0.1) is 4.77 Å². The van der Waals surface area contributed by atoms with E-state index in [4.69, 9.17) is 12.2 Å². The Hall–Kier alpha value is -1.42. The average molecular weight is 259 g/mol. The maximum absolute atomic E-state index is 5.39. The van der Waals surface area contributed by atoms with Crippen molar-refractivity contribution < 1.29 is 0 Å². The van der Waals surface area contributed by atoms with E-state index in [-0.39, 0.29) is 0 Å². The fraction of sp³-hybridized carbons (Fsp3) is 0.429. The van der Waals surface area contributed by atoms with Gasteiger partial charge in [-0.05, 0) is 43.1 Å². The molecule has 94 valence electrons. The van der Waals surface area contributed by atoms with Gasteiger partial charge in [0.2, 0.25) is 0 Å². The molecule has 0 radical (unpaired) electrons. The molecule has 0 bridgehead atoms. The number of para-hydroxylation sites is 1. The Labute approximate surface area is 112 Å². The summed E-state index contributed by atoms with van der Waals surface area (Å²) in [5.41, 5.74) is 2.54.